The third kappa shape index (κ3) is 4.11. The van der Waals surface area contributed by atoms with E-state index in [2.05, 4.69) is 5.32 Å². The predicted octanol–water partition coefficient (Wildman–Crippen LogP) is 5.12. The van der Waals surface area contributed by atoms with Crippen LogP contribution in [0.4, 0.5) is 8.78 Å². The van der Waals surface area contributed by atoms with Gasteiger partial charge in [-0.1, -0.05) is 30.7 Å². The van der Waals surface area contributed by atoms with E-state index in [0.717, 1.165) is 44.2 Å². The fourth-order valence-electron chi connectivity index (χ4n) is 4.68. The first kappa shape index (κ1) is 21.6. The quantitative estimate of drug-likeness (QED) is 0.541. The van der Waals surface area contributed by atoms with E-state index < -0.39 is 18.0 Å². The average Bonchev–Trinajstić information content (AvgIpc) is 3.65. The van der Waals surface area contributed by atoms with Crippen LogP contribution < -0.4 is 15.5 Å². The van der Waals surface area contributed by atoms with E-state index in [1.807, 2.05) is 24.3 Å². The number of nitrogens with zero attached hydrogens (tertiary/aromatic N) is 1. The molecule has 1 atom stereocenters. The van der Waals surface area contributed by atoms with E-state index in [9.17, 15) is 23.5 Å². The molecule has 1 aliphatic heterocycles. The zero-order valence-corrected chi connectivity index (χ0v) is 17.9. The van der Waals surface area contributed by atoms with Gasteiger partial charge in [0, 0.05) is 23.8 Å². The Labute approximate surface area is 188 Å². The first-order valence-electron chi connectivity index (χ1n) is 11.2. The molecule has 1 saturated heterocycles. The van der Waals surface area contributed by atoms with Crippen molar-refractivity contribution in [3.8, 4) is 16.9 Å². The summed E-state index contributed by atoms with van der Waals surface area (Å²) in [4.78, 5) is 24.4. The SMILES string of the molecule is O=C(O)c1cn(C2CC2)c2c(OC(F)F)c(-c3ccc(C4CCCCN4)cc3)ccc2c1=O. The van der Waals surface area contributed by atoms with Crippen molar-refractivity contribution in [1.82, 2.24) is 9.88 Å². The van der Waals surface area contributed by atoms with Crippen LogP contribution in [-0.2, 0) is 0 Å². The highest BCUT2D eigenvalue weighted by Crippen LogP contribution is 2.43. The predicted molar refractivity (Wildman–Crippen MR) is 120 cm³/mol. The van der Waals surface area contributed by atoms with Crippen LogP contribution in [0.25, 0.3) is 22.0 Å². The number of benzene rings is 2. The Kier molecular flexibility index (Phi) is 5.62. The first-order valence-corrected chi connectivity index (χ1v) is 11.2. The molecule has 2 heterocycles. The lowest BCUT2D eigenvalue weighted by Gasteiger charge is -2.24. The van der Waals surface area contributed by atoms with Gasteiger partial charge in [-0.2, -0.15) is 8.78 Å². The van der Waals surface area contributed by atoms with Gasteiger partial charge >= 0.3 is 12.6 Å². The summed E-state index contributed by atoms with van der Waals surface area (Å²) in [6.07, 6.45) is 6.18. The number of halogens is 2. The molecule has 0 spiro atoms. The zero-order chi connectivity index (χ0) is 23.1. The van der Waals surface area contributed by atoms with E-state index in [4.69, 9.17) is 4.74 Å². The maximum Gasteiger partial charge on any atom is 0.387 e. The summed E-state index contributed by atoms with van der Waals surface area (Å²) in [6, 6.07) is 11.0. The molecule has 1 aliphatic carbocycles. The number of aromatic nitrogens is 1. The van der Waals surface area contributed by atoms with Gasteiger partial charge in [-0.3, -0.25) is 4.79 Å². The molecule has 3 aromatic rings. The molecular weight excluding hydrogens is 430 g/mol. The summed E-state index contributed by atoms with van der Waals surface area (Å²) in [5.41, 5.74) is 1.38. The molecule has 1 saturated carbocycles. The maximum atomic E-state index is 13.5. The Hall–Kier alpha value is -3.26. The fourth-order valence-corrected chi connectivity index (χ4v) is 4.68. The highest BCUT2D eigenvalue weighted by molar-refractivity contribution is 5.97. The topological polar surface area (TPSA) is 80.6 Å². The first-order chi connectivity index (χ1) is 15.9. The van der Waals surface area contributed by atoms with Crippen LogP contribution in [-0.4, -0.2) is 28.8 Å². The lowest BCUT2D eigenvalue weighted by Crippen LogP contribution is -2.26. The van der Waals surface area contributed by atoms with Crippen molar-refractivity contribution in [2.24, 2.45) is 0 Å². The molecule has 2 N–H and O–H groups in total. The van der Waals surface area contributed by atoms with Crippen LogP contribution in [0.2, 0.25) is 0 Å². The minimum atomic E-state index is -3.10. The fraction of sp³-hybridized carbons (Fsp3) is 0.360. The number of nitrogens with one attached hydrogen (secondary N) is 1. The van der Waals surface area contributed by atoms with Crippen LogP contribution in [0.15, 0.2) is 47.4 Å². The second kappa shape index (κ2) is 8.59. The lowest BCUT2D eigenvalue weighted by atomic mass is 9.94. The van der Waals surface area contributed by atoms with Gasteiger partial charge < -0.3 is 19.7 Å². The van der Waals surface area contributed by atoms with Crippen molar-refractivity contribution < 1.29 is 23.4 Å². The average molecular weight is 454 g/mol. The number of alkyl halides is 2. The zero-order valence-electron chi connectivity index (χ0n) is 17.9. The smallest absolute Gasteiger partial charge is 0.387 e. The Bertz CT molecular complexity index is 1260. The van der Waals surface area contributed by atoms with Gasteiger partial charge in [0.25, 0.3) is 0 Å². The minimum absolute atomic E-state index is 0.0544. The normalized spacial score (nSPS) is 18.6. The molecular formula is C25H24F2N2O4. The largest absolute Gasteiger partial charge is 0.477 e. The van der Waals surface area contributed by atoms with Crippen LogP contribution in [0.5, 0.6) is 5.75 Å². The van der Waals surface area contributed by atoms with Gasteiger partial charge in [-0.15, -0.1) is 0 Å². The molecule has 2 aliphatic rings. The molecule has 0 radical (unpaired) electrons. The number of piperidine rings is 1. The van der Waals surface area contributed by atoms with Gasteiger partial charge in [0.15, 0.2) is 5.75 Å². The number of hydrogen-bond donors (Lipinski definition) is 2. The second-order valence-corrected chi connectivity index (χ2v) is 8.66. The number of hydrogen-bond acceptors (Lipinski definition) is 4. The molecule has 0 amide bonds. The number of carboxylic acid groups (broad SMARTS) is 1. The molecule has 6 nitrogen and oxygen atoms in total. The molecule has 172 valence electrons. The highest BCUT2D eigenvalue weighted by Gasteiger charge is 2.30. The molecule has 1 unspecified atom stereocenters. The Morgan fingerprint density at radius 1 is 1.09 bits per heavy atom. The van der Waals surface area contributed by atoms with Crippen molar-refractivity contribution in [3.63, 3.8) is 0 Å². The molecule has 0 bridgehead atoms. The Morgan fingerprint density at radius 2 is 1.85 bits per heavy atom. The van der Waals surface area contributed by atoms with E-state index in [0.29, 0.717) is 11.1 Å². The number of rotatable bonds is 6. The Morgan fingerprint density at radius 3 is 2.45 bits per heavy atom. The van der Waals surface area contributed by atoms with E-state index in [1.165, 1.54) is 12.3 Å². The Balaban J connectivity index is 1.68. The third-order valence-corrected chi connectivity index (χ3v) is 6.46. The van der Waals surface area contributed by atoms with Crippen LogP contribution in [0.3, 0.4) is 0 Å². The van der Waals surface area contributed by atoms with E-state index in [1.54, 1.807) is 10.6 Å². The van der Waals surface area contributed by atoms with Gasteiger partial charge in [0.2, 0.25) is 5.43 Å². The van der Waals surface area contributed by atoms with E-state index >= 15 is 0 Å². The van der Waals surface area contributed by atoms with Crippen molar-refractivity contribution >= 4 is 16.9 Å². The number of ether oxygens (including phenoxy) is 1. The van der Waals surface area contributed by atoms with Gasteiger partial charge in [-0.05, 0) is 55.5 Å². The summed E-state index contributed by atoms with van der Waals surface area (Å²) in [6.45, 7) is -2.12. The number of aromatic carboxylic acids is 1. The third-order valence-electron chi connectivity index (χ3n) is 6.46. The van der Waals surface area contributed by atoms with Crippen molar-refractivity contribution in [3.05, 3.63) is 63.9 Å². The summed E-state index contributed by atoms with van der Waals surface area (Å²) >= 11 is 0. The maximum absolute atomic E-state index is 13.5. The summed E-state index contributed by atoms with van der Waals surface area (Å²) in [7, 11) is 0. The van der Waals surface area contributed by atoms with Crippen LogP contribution in [0, 0.1) is 0 Å². The molecule has 1 aromatic heterocycles. The molecule has 5 rings (SSSR count). The van der Waals surface area contributed by atoms with Gasteiger partial charge in [0.1, 0.15) is 5.56 Å². The number of carbonyl (C=O) groups is 1. The lowest BCUT2D eigenvalue weighted by molar-refractivity contribution is -0.0486. The summed E-state index contributed by atoms with van der Waals surface area (Å²) in [5.74, 6) is -1.45. The van der Waals surface area contributed by atoms with Crippen molar-refractivity contribution in [2.45, 2.75) is 50.8 Å². The standard InChI is InChI=1S/C25H24F2N2O4/c26-25(27)33-23-17(14-4-6-15(7-5-14)20-3-1-2-12-28-20)10-11-18-21(23)29(16-8-9-16)13-19(22(18)30)24(31)32/h4-7,10-11,13,16,20,25,28H,1-3,8-9,12H2,(H,31,32). The van der Waals surface area contributed by atoms with Crippen LogP contribution >= 0.6 is 0 Å². The minimum Gasteiger partial charge on any atom is -0.477 e. The molecule has 33 heavy (non-hydrogen) atoms. The van der Waals surface area contributed by atoms with Crippen molar-refractivity contribution in [2.75, 3.05) is 6.54 Å². The molecule has 8 heteroatoms. The second-order valence-electron chi connectivity index (χ2n) is 8.66. The number of carboxylic acids is 1. The molecule has 2 fully saturated rings. The van der Waals surface area contributed by atoms with Crippen LogP contribution in [0.1, 0.15) is 60.1 Å². The van der Waals surface area contributed by atoms with Gasteiger partial charge in [0.05, 0.1) is 10.9 Å². The highest BCUT2D eigenvalue weighted by atomic mass is 19.3. The van der Waals surface area contributed by atoms with Crippen molar-refractivity contribution in [1.29, 1.82) is 0 Å². The van der Waals surface area contributed by atoms with Gasteiger partial charge in [-0.25, -0.2) is 4.79 Å². The number of pyridine rings is 1. The summed E-state index contributed by atoms with van der Waals surface area (Å²) in [5, 5.41) is 13.0. The summed E-state index contributed by atoms with van der Waals surface area (Å²) < 4.78 is 33.6. The number of fused-ring (bicyclic) bond motifs is 1. The van der Waals surface area contributed by atoms with E-state index in [-0.39, 0.29) is 34.3 Å². The monoisotopic (exact) mass is 454 g/mol. The molecule has 2 aromatic carbocycles.